The number of carboxylic acid groups (broad SMARTS) is 2. The van der Waals surface area contributed by atoms with E-state index in [0.717, 1.165) is 38.5 Å². The summed E-state index contributed by atoms with van der Waals surface area (Å²) in [5, 5.41) is 18.0. The first-order valence-electron chi connectivity index (χ1n) is 9.10. The molecule has 142 valence electrons. The molecule has 0 rings (SSSR count). The number of alkyl halides is 1. The van der Waals surface area contributed by atoms with E-state index in [0.29, 0.717) is 25.7 Å². The van der Waals surface area contributed by atoms with E-state index in [1.165, 1.54) is 0 Å². The first kappa shape index (κ1) is 22.9. The molecule has 4 nitrogen and oxygen atoms in total. The lowest BCUT2D eigenvalue weighted by Gasteiger charge is -2.19. The fourth-order valence-electron chi connectivity index (χ4n) is 2.58. The van der Waals surface area contributed by atoms with Gasteiger partial charge in [-0.3, -0.25) is 9.59 Å². The lowest BCUT2D eigenvalue weighted by atomic mass is 9.86. The van der Waals surface area contributed by atoms with Crippen molar-refractivity contribution >= 4 is 11.9 Å². The van der Waals surface area contributed by atoms with Crippen LogP contribution in [0.4, 0.5) is 4.39 Å². The van der Waals surface area contributed by atoms with Gasteiger partial charge in [-0.15, -0.1) is 0 Å². The molecule has 0 heterocycles. The van der Waals surface area contributed by atoms with Crippen LogP contribution in [0.1, 0.15) is 91.9 Å². The Morgan fingerprint density at radius 1 is 0.750 bits per heavy atom. The maximum absolute atomic E-state index is 13.8. The van der Waals surface area contributed by atoms with E-state index in [1.807, 2.05) is 0 Å². The Bertz CT molecular complexity index is 355. The maximum atomic E-state index is 13.8. The molecule has 0 aromatic heterocycles. The molecule has 2 N–H and O–H groups in total. The van der Waals surface area contributed by atoms with Gasteiger partial charge in [0, 0.05) is 0 Å². The van der Waals surface area contributed by atoms with Crippen molar-refractivity contribution in [3.05, 3.63) is 0 Å². The van der Waals surface area contributed by atoms with Gasteiger partial charge in [-0.25, -0.2) is 4.39 Å². The second kappa shape index (κ2) is 10.7. The number of halogens is 1. The average molecular weight is 346 g/mol. The molecule has 0 fully saturated rings. The number of unbranched alkanes of at least 4 members (excludes halogenated alkanes) is 4. The molecular formula is C19H35FO4. The second-order valence-corrected chi connectivity index (χ2v) is 8.17. The van der Waals surface area contributed by atoms with Crippen molar-refractivity contribution in [2.75, 3.05) is 0 Å². The summed E-state index contributed by atoms with van der Waals surface area (Å²) in [6.45, 7) is 6.88. The molecule has 0 atom stereocenters. The number of aliphatic carboxylic acids is 2. The summed E-state index contributed by atoms with van der Waals surface area (Å²) in [6, 6.07) is 0. The second-order valence-electron chi connectivity index (χ2n) is 8.17. The van der Waals surface area contributed by atoms with E-state index in [-0.39, 0.29) is 0 Å². The molecule has 0 aliphatic heterocycles. The van der Waals surface area contributed by atoms with Gasteiger partial charge in [0.2, 0.25) is 0 Å². The molecule has 0 bridgehead atoms. The molecular weight excluding hydrogens is 311 g/mol. The number of hydrogen-bond acceptors (Lipinski definition) is 2. The van der Waals surface area contributed by atoms with Crippen LogP contribution < -0.4 is 0 Å². The summed E-state index contributed by atoms with van der Waals surface area (Å²) >= 11 is 0. The van der Waals surface area contributed by atoms with Crippen LogP contribution in [0.2, 0.25) is 0 Å². The van der Waals surface area contributed by atoms with Gasteiger partial charge in [-0.05, 0) is 53.4 Å². The average Bonchev–Trinajstić information content (AvgIpc) is 2.45. The smallest absolute Gasteiger partial charge is 0.309 e. The molecule has 0 unspecified atom stereocenters. The van der Waals surface area contributed by atoms with Crippen molar-refractivity contribution in [3.8, 4) is 0 Å². The molecule has 24 heavy (non-hydrogen) atoms. The molecule has 0 aromatic carbocycles. The molecule has 0 saturated heterocycles. The SMILES string of the molecule is CC(C)(CCCCCC(F)CCCCCC(C)(C)C(=O)O)C(=O)O. The first-order valence-corrected chi connectivity index (χ1v) is 9.10. The molecule has 0 radical (unpaired) electrons. The lowest BCUT2D eigenvalue weighted by Crippen LogP contribution is -2.23. The van der Waals surface area contributed by atoms with Crippen LogP contribution in [0, 0.1) is 10.8 Å². The van der Waals surface area contributed by atoms with Crippen LogP contribution in [-0.2, 0) is 9.59 Å². The summed E-state index contributed by atoms with van der Waals surface area (Å²) in [5.41, 5.74) is -1.39. The fourth-order valence-corrected chi connectivity index (χ4v) is 2.58. The predicted molar refractivity (Wildman–Crippen MR) is 93.9 cm³/mol. The number of carbonyl (C=O) groups is 2. The Balaban J connectivity index is 3.63. The Morgan fingerprint density at radius 2 is 1.08 bits per heavy atom. The third-order valence-corrected chi connectivity index (χ3v) is 4.80. The quantitative estimate of drug-likeness (QED) is 0.410. The standard InChI is InChI=1S/C19H35FO4/c1-18(2,16(21)22)13-9-5-7-11-15(20)12-8-6-10-14-19(3,4)17(23)24/h15H,5-14H2,1-4H3,(H,21,22)(H,23,24). The monoisotopic (exact) mass is 346 g/mol. The van der Waals surface area contributed by atoms with Crippen LogP contribution in [0.5, 0.6) is 0 Å². The van der Waals surface area contributed by atoms with E-state index < -0.39 is 28.9 Å². The molecule has 0 aliphatic carbocycles. The third-order valence-electron chi connectivity index (χ3n) is 4.80. The minimum Gasteiger partial charge on any atom is -0.481 e. The highest BCUT2D eigenvalue weighted by molar-refractivity contribution is 5.73. The third kappa shape index (κ3) is 9.89. The van der Waals surface area contributed by atoms with Gasteiger partial charge in [0.25, 0.3) is 0 Å². The topological polar surface area (TPSA) is 74.6 Å². The van der Waals surface area contributed by atoms with E-state index in [4.69, 9.17) is 10.2 Å². The van der Waals surface area contributed by atoms with Crippen molar-refractivity contribution in [2.45, 2.75) is 98.1 Å². The van der Waals surface area contributed by atoms with Crippen LogP contribution in [0.3, 0.4) is 0 Å². The Morgan fingerprint density at radius 3 is 1.38 bits per heavy atom. The fraction of sp³-hybridized carbons (Fsp3) is 0.895. The largest absolute Gasteiger partial charge is 0.481 e. The number of hydrogen-bond donors (Lipinski definition) is 2. The van der Waals surface area contributed by atoms with Gasteiger partial charge in [-0.2, -0.15) is 0 Å². The van der Waals surface area contributed by atoms with Gasteiger partial charge in [0.05, 0.1) is 10.8 Å². The highest BCUT2D eigenvalue weighted by Crippen LogP contribution is 2.26. The van der Waals surface area contributed by atoms with Crippen molar-refractivity contribution < 1.29 is 24.2 Å². The van der Waals surface area contributed by atoms with E-state index in [1.54, 1.807) is 27.7 Å². The molecule has 0 amide bonds. The molecule has 0 saturated carbocycles. The molecule has 5 heteroatoms. The van der Waals surface area contributed by atoms with Gasteiger partial charge < -0.3 is 10.2 Å². The lowest BCUT2D eigenvalue weighted by molar-refractivity contribution is -0.148. The van der Waals surface area contributed by atoms with E-state index >= 15 is 0 Å². The van der Waals surface area contributed by atoms with Crippen molar-refractivity contribution in [1.82, 2.24) is 0 Å². The zero-order valence-corrected chi connectivity index (χ0v) is 15.7. The van der Waals surface area contributed by atoms with E-state index in [9.17, 15) is 14.0 Å². The van der Waals surface area contributed by atoms with Gasteiger partial charge >= 0.3 is 11.9 Å². The van der Waals surface area contributed by atoms with Crippen LogP contribution in [0.15, 0.2) is 0 Å². The van der Waals surface area contributed by atoms with Crippen molar-refractivity contribution in [2.24, 2.45) is 10.8 Å². The highest BCUT2D eigenvalue weighted by atomic mass is 19.1. The van der Waals surface area contributed by atoms with Crippen molar-refractivity contribution in [3.63, 3.8) is 0 Å². The van der Waals surface area contributed by atoms with Gasteiger partial charge in [-0.1, -0.05) is 38.5 Å². The van der Waals surface area contributed by atoms with E-state index in [2.05, 4.69) is 0 Å². The van der Waals surface area contributed by atoms with Gasteiger partial charge in [0.1, 0.15) is 6.17 Å². The van der Waals surface area contributed by atoms with Crippen LogP contribution in [0.25, 0.3) is 0 Å². The summed E-state index contributed by atoms with van der Waals surface area (Å²) in [5.74, 6) is -1.56. The molecule has 0 aromatic rings. The van der Waals surface area contributed by atoms with Gasteiger partial charge in [0.15, 0.2) is 0 Å². The first-order chi connectivity index (χ1) is 11.0. The minimum absolute atomic E-state index is 0.536. The van der Waals surface area contributed by atoms with Crippen molar-refractivity contribution in [1.29, 1.82) is 0 Å². The molecule has 0 aliphatic rings. The molecule has 0 spiro atoms. The van der Waals surface area contributed by atoms with Crippen LogP contribution >= 0.6 is 0 Å². The Hall–Kier alpha value is -1.13. The normalized spacial score (nSPS) is 12.6. The number of rotatable bonds is 14. The summed E-state index contributed by atoms with van der Waals surface area (Å²) in [6.07, 6.45) is 6.47. The summed E-state index contributed by atoms with van der Waals surface area (Å²) in [4.78, 5) is 21.9. The predicted octanol–water partition coefficient (Wildman–Crippen LogP) is 5.45. The minimum atomic E-state index is -0.801. The summed E-state index contributed by atoms with van der Waals surface area (Å²) in [7, 11) is 0. The Kier molecular flexibility index (Phi) is 10.2. The summed E-state index contributed by atoms with van der Waals surface area (Å²) < 4.78 is 13.8. The Labute approximate surface area is 145 Å². The highest BCUT2D eigenvalue weighted by Gasteiger charge is 2.26. The maximum Gasteiger partial charge on any atom is 0.309 e. The zero-order chi connectivity index (χ0) is 18.8. The zero-order valence-electron chi connectivity index (χ0n) is 15.7. The van der Waals surface area contributed by atoms with Crippen LogP contribution in [-0.4, -0.2) is 28.3 Å². The number of carboxylic acids is 2.